The lowest BCUT2D eigenvalue weighted by atomic mass is 9.93. The van der Waals surface area contributed by atoms with Gasteiger partial charge in [-0.05, 0) is 41.8 Å². The summed E-state index contributed by atoms with van der Waals surface area (Å²) in [4.78, 5) is 0. The molecular formula is C16H11BrN2. The molecular weight excluding hydrogens is 300 g/mol. The summed E-state index contributed by atoms with van der Waals surface area (Å²) in [6.07, 6.45) is 0.657. The number of halogens is 1. The lowest BCUT2D eigenvalue weighted by Crippen LogP contribution is -2.00. The van der Waals surface area contributed by atoms with E-state index in [9.17, 15) is 5.26 Å². The Kier molecular flexibility index (Phi) is 4.34. The van der Waals surface area contributed by atoms with Crippen LogP contribution in [0.4, 0.5) is 0 Å². The Balaban J connectivity index is 2.17. The molecule has 0 amide bonds. The van der Waals surface area contributed by atoms with Crippen molar-refractivity contribution in [1.82, 2.24) is 0 Å². The number of hydrogen-bond acceptors (Lipinski definition) is 2. The molecule has 0 N–H and O–H groups in total. The minimum atomic E-state index is -0.166. The fourth-order valence-electron chi connectivity index (χ4n) is 1.88. The second-order valence-electron chi connectivity index (χ2n) is 4.25. The van der Waals surface area contributed by atoms with Crippen molar-refractivity contribution in [1.29, 1.82) is 10.5 Å². The molecule has 2 rings (SSSR count). The minimum Gasteiger partial charge on any atom is -0.198 e. The van der Waals surface area contributed by atoms with E-state index < -0.39 is 0 Å². The molecule has 0 aliphatic rings. The monoisotopic (exact) mass is 310 g/mol. The second-order valence-corrected chi connectivity index (χ2v) is 5.16. The van der Waals surface area contributed by atoms with Crippen molar-refractivity contribution in [2.24, 2.45) is 0 Å². The molecule has 0 saturated carbocycles. The van der Waals surface area contributed by atoms with Gasteiger partial charge in [0.25, 0.3) is 0 Å². The maximum atomic E-state index is 9.30. The van der Waals surface area contributed by atoms with Gasteiger partial charge in [0, 0.05) is 4.47 Å². The van der Waals surface area contributed by atoms with E-state index in [4.69, 9.17) is 5.26 Å². The minimum absolute atomic E-state index is 0.166. The second kappa shape index (κ2) is 6.18. The first-order chi connectivity index (χ1) is 9.22. The van der Waals surface area contributed by atoms with Crippen molar-refractivity contribution in [2.45, 2.75) is 12.3 Å². The lowest BCUT2D eigenvalue weighted by Gasteiger charge is -2.09. The average molecular weight is 311 g/mol. The van der Waals surface area contributed by atoms with Crippen LogP contribution in [0.5, 0.6) is 0 Å². The van der Waals surface area contributed by atoms with E-state index in [0.29, 0.717) is 12.0 Å². The van der Waals surface area contributed by atoms with Crippen LogP contribution in [0.15, 0.2) is 53.0 Å². The van der Waals surface area contributed by atoms with Crippen molar-refractivity contribution in [3.05, 3.63) is 69.7 Å². The molecule has 0 bridgehead atoms. The van der Waals surface area contributed by atoms with Gasteiger partial charge in [0.15, 0.2) is 0 Å². The first-order valence-corrected chi connectivity index (χ1v) is 6.66. The van der Waals surface area contributed by atoms with Crippen molar-refractivity contribution in [3.63, 3.8) is 0 Å². The molecule has 2 aromatic carbocycles. The quantitative estimate of drug-likeness (QED) is 0.854. The highest BCUT2D eigenvalue weighted by atomic mass is 79.9. The van der Waals surface area contributed by atoms with Crippen molar-refractivity contribution in [2.75, 3.05) is 0 Å². The summed E-state index contributed by atoms with van der Waals surface area (Å²) in [5.41, 5.74) is 2.71. The zero-order valence-corrected chi connectivity index (χ0v) is 11.8. The zero-order chi connectivity index (χ0) is 13.7. The van der Waals surface area contributed by atoms with Gasteiger partial charge in [-0.2, -0.15) is 10.5 Å². The van der Waals surface area contributed by atoms with Crippen LogP contribution >= 0.6 is 15.9 Å². The molecule has 1 atom stereocenters. The van der Waals surface area contributed by atoms with Crippen LogP contribution < -0.4 is 0 Å². The van der Waals surface area contributed by atoms with Gasteiger partial charge in [0.1, 0.15) is 0 Å². The normalized spacial score (nSPS) is 11.3. The van der Waals surface area contributed by atoms with E-state index in [2.05, 4.69) is 28.1 Å². The number of benzene rings is 2. The predicted octanol–water partition coefficient (Wildman–Crippen LogP) is 4.17. The van der Waals surface area contributed by atoms with Crippen LogP contribution in [-0.4, -0.2) is 0 Å². The van der Waals surface area contributed by atoms with Crippen LogP contribution in [0.25, 0.3) is 0 Å². The Labute approximate surface area is 121 Å². The van der Waals surface area contributed by atoms with Gasteiger partial charge in [0.2, 0.25) is 0 Å². The number of hydrogen-bond donors (Lipinski definition) is 0. The summed E-state index contributed by atoms with van der Waals surface area (Å²) < 4.78 is 1.01. The highest BCUT2D eigenvalue weighted by molar-refractivity contribution is 9.10. The fraction of sp³-hybridized carbons (Fsp3) is 0.125. The van der Waals surface area contributed by atoms with E-state index in [1.54, 1.807) is 12.1 Å². The SMILES string of the molecule is N#Cc1ccc(CC(C#N)c2ccc(Br)cc2)cc1. The van der Waals surface area contributed by atoms with Crippen LogP contribution in [-0.2, 0) is 6.42 Å². The molecule has 0 heterocycles. The number of nitrogens with zero attached hydrogens (tertiary/aromatic N) is 2. The van der Waals surface area contributed by atoms with E-state index in [1.165, 1.54) is 0 Å². The predicted molar refractivity (Wildman–Crippen MR) is 77.4 cm³/mol. The van der Waals surface area contributed by atoms with Gasteiger partial charge in [-0.15, -0.1) is 0 Å². The molecule has 0 aliphatic carbocycles. The highest BCUT2D eigenvalue weighted by Gasteiger charge is 2.11. The summed E-state index contributed by atoms with van der Waals surface area (Å²) in [6.45, 7) is 0. The third kappa shape index (κ3) is 3.44. The van der Waals surface area contributed by atoms with Crippen molar-refractivity contribution in [3.8, 4) is 12.1 Å². The topological polar surface area (TPSA) is 47.6 Å². The highest BCUT2D eigenvalue weighted by Crippen LogP contribution is 2.22. The summed E-state index contributed by atoms with van der Waals surface area (Å²) in [5.74, 6) is -0.166. The largest absolute Gasteiger partial charge is 0.198 e. The maximum absolute atomic E-state index is 9.30. The Hall–Kier alpha value is -2.10. The molecule has 2 nitrogen and oxygen atoms in total. The first kappa shape index (κ1) is 13.3. The summed E-state index contributed by atoms with van der Waals surface area (Å²) >= 11 is 3.39. The molecule has 2 aromatic rings. The summed E-state index contributed by atoms with van der Waals surface area (Å²) in [6, 6.07) is 19.6. The molecule has 92 valence electrons. The van der Waals surface area contributed by atoms with E-state index in [-0.39, 0.29) is 5.92 Å². The lowest BCUT2D eigenvalue weighted by molar-refractivity contribution is 0.849. The third-order valence-corrected chi connectivity index (χ3v) is 3.48. The smallest absolute Gasteiger partial charge is 0.0991 e. The molecule has 0 spiro atoms. The van der Waals surface area contributed by atoms with Gasteiger partial charge in [0.05, 0.1) is 23.6 Å². The number of nitriles is 2. The summed E-state index contributed by atoms with van der Waals surface area (Å²) in [7, 11) is 0. The zero-order valence-electron chi connectivity index (χ0n) is 10.2. The van der Waals surface area contributed by atoms with Gasteiger partial charge in [-0.3, -0.25) is 0 Å². The maximum Gasteiger partial charge on any atom is 0.0991 e. The standard InChI is InChI=1S/C16H11BrN2/c17-16-7-5-14(6-8-16)15(11-19)9-12-1-3-13(10-18)4-2-12/h1-8,15H,9H2. The van der Waals surface area contributed by atoms with Gasteiger partial charge >= 0.3 is 0 Å². The molecule has 0 aromatic heterocycles. The fourth-order valence-corrected chi connectivity index (χ4v) is 2.15. The molecule has 19 heavy (non-hydrogen) atoms. The van der Waals surface area contributed by atoms with Crippen LogP contribution in [0, 0.1) is 22.7 Å². The van der Waals surface area contributed by atoms with E-state index in [1.807, 2.05) is 36.4 Å². The Morgan fingerprint density at radius 1 is 0.947 bits per heavy atom. The van der Waals surface area contributed by atoms with Crippen LogP contribution in [0.1, 0.15) is 22.6 Å². The number of rotatable bonds is 3. The van der Waals surface area contributed by atoms with Crippen LogP contribution in [0.2, 0.25) is 0 Å². The Morgan fingerprint density at radius 3 is 2.11 bits per heavy atom. The first-order valence-electron chi connectivity index (χ1n) is 5.87. The molecule has 1 unspecified atom stereocenters. The Bertz CT molecular complexity index is 630. The van der Waals surface area contributed by atoms with Crippen LogP contribution in [0.3, 0.4) is 0 Å². The van der Waals surface area contributed by atoms with Gasteiger partial charge in [-0.25, -0.2) is 0 Å². The molecule has 0 radical (unpaired) electrons. The third-order valence-electron chi connectivity index (χ3n) is 2.95. The molecule has 0 saturated heterocycles. The Morgan fingerprint density at radius 2 is 1.58 bits per heavy atom. The van der Waals surface area contributed by atoms with E-state index >= 15 is 0 Å². The van der Waals surface area contributed by atoms with Crippen molar-refractivity contribution >= 4 is 15.9 Å². The molecule has 3 heteroatoms. The average Bonchev–Trinajstić information content (AvgIpc) is 2.46. The van der Waals surface area contributed by atoms with Crippen molar-refractivity contribution < 1.29 is 0 Å². The molecule has 0 fully saturated rings. The molecule has 0 aliphatic heterocycles. The van der Waals surface area contributed by atoms with E-state index in [0.717, 1.165) is 15.6 Å². The van der Waals surface area contributed by atoms with Gasteiger partial charge < -0.3 is 0 Å². The van der Waals surface area contributed by atoms with Gasteiger partial charge in [-0.1, -0.05) is 40.2 Å². The summed E-state index contributed by atoms with van der Waals surface area (Å²) in [5, 5.41) is 18.1.